The monoisotopic (exact) mass is 414 g/mol. The van der Waals surface area contributed by atoms with E-state index in [1.165, 1.54) is 70.6 Å². The van der Waals surface area contributed by atoms with Crippen LogP contribution in [0, 0.1) is 51.8 Å². The Morgan fingerprint density at radius 2 is 1.67 bits per heavy atom. The van der Waals surface area contributed by atoms with Crippen LogP contribution in [0.2, 0.25) is 0 Å². The van der Waals surface area contributed by atoms with Crippen molar-refractivity contribution in [2.45, 2.75) is 112 Å². The maximum atomic E-state index is 9.52. The van der Waals surface area contributed by atoms with Crippen LogP contribution in [-0.2, 0) is 0 Å². The molecule has 0 aromatic rings. The van der Waals surface area contributed by atoms with E-state index in [-0.39, 0.29) is 0 Å². The maximum absolute atomic E-state index is 9.52. The van der Waals surface area contributed by atoms with E-state index in [9.17, 15) is 5.11 Å². The molecular formula is C29H50O. The van der Waals surface area contributed by atoms with Crippen LogP contribution in [0.4, 0.5) is 0 Å². The van der Waals surface area contributed by atoms with E-state index in [0.29, 0.717) is 34.7 Å². The number of allylic oxidation sites excluding steroid dienone is 2. The summed E-state index contributed by atoms with van der Waals surface area (Å²) in [7, 11) is 0. The second-order valence-corrected chi connectivity index (χ2v) is 13.0. The van der Waals surface area contributed by atoms with Gasteiger partial charge in [-0.25, -0.2) is 0 Å². The Balaban J connectivity index is 1.54. The Morgan fingerprint density at radius 3 is 2.40 bits per heavy atom. The van der Waals surface area contributed by atoms with Crippen molar-refractivity contribution in [1.82, 2.24) is 0 Å². The number of fused-ring (bicyclic) bond motifs is 5. The summed E-state index contributed by atoms with van der Waals surface area (Å²) in [5.74, 6) is 4.56. The van der Waals surface area contributed by atoms with Gasteiger partial charge < -0.3 is 5.11 Å². The van der Waals surface area contributed by atoms with Crippen LogP contribution in [0.3, 0.4) is 0 Å². The SMILES string of the molecule is CC(CO)[C@@H](C)CC[C@@H](C)[C@H]1CC[C@@]2(C)[C@@H]3CC[C@H]4CCCC[C@]4(C)C3=CC[C@]12C. The highest BCUT2D eigenvalue weighted by molar-refractivity contribution is 5.31. The van der Waals surface area contributed by atoms with Gasteiger partial charge in [0.15, 0.2) is 0 Å². The Kier molecular flexibility index (Phi) is 6.28. The lowest BCUT2D eigenvalue weighted by molar-refractivity contribution is -0.0427. The van der Waals surface area contributed by atoms with E-state index in [0.717, 1.165) is 23.7 Å². The number of aliphatic hydroxyl groups is 1. The number of aliphatic hydroxyl groups excluding tert-OH is 1. The van der Waals surface area contributed by atoms with Crippen molar-refractivity contribution < 1.29 is 5.11 Å². The molecule has 0 spiro atoms. The zero-order chi connectivity index (χ0) is 21.7. The third kappa shape index (κ3) is 3.36. The minimum Gasteiger partial charge on any atom is -0.396 e. The van der Waals surface area contributed by atoms with Crippen LogP contribution in [0.1, 0.15) is 112 Å². The van der Waals surface area contributed by atoms with Crippen molar-refractivity contribution in [2.75, 3.05) is 6.61 Å². The van der Waals surface area contributed by atoms with Gasteiger partial charge in [-0.2, -0.15) is 0 Å². The highest BCUT2D eigenvalue weighted by Gasteiger charge is 2.63. The molecule has 0 aromatic heterocycles. The van der Waals surface area contributed by atoms with Crippen LogP contribution >= 0.6 is 0 Å². The molecule has 1 unspecified atom stereocenters. The lowest BCUT2D eigenvalue weighted by atomic mass is 9.44. The normalized spacial score (nSPS) is 46.2. The molecule has 1 N–H and O–H groups in total. The van der Waals surface area contributed by atoms with Gasteiger partial charge in [0, 0.05) is 6.61 Å². The van der Waals surface area contributed by atoms with Gasteiger partial charge >= 0.3 is 0 Å². The smallest absolute Gasteiger partial charge is 0.0459 e. The Hall–Kier alpha value is -0.300. The number of hydrogen-bond donors (Lipinski definition) is 1. The molecule has 3 saturated carbocycles. The summed E-state index contributed by atoms with van der Waals surface area (Å²) >= 11 is 0. The van der Waals surface area contributed by atoms with Crippen molar-refractivity contribution in [2.24, 2.45) is 51.8 Å². The van der Waals surface area contributed by atoms with Gasteiger partial charge in [-0.1, -0.05) is 78.9 Å². The Bertz CT molecular complexity index is 651. The van der Waals surface area contributed by atoms with Gasteiger partial charge in [-0.05, 0) is 96.7 Å². The van der Waals surface area contributed by atoms with Gasteiger partial charge in [-0.3, -0.25) is 0 Å². The Labute approximate surface area is 187 Å². The zero-order valence-electron chi connectivity index (χ0n) is 21.0. The molecule has 30 heavy (non-hydrogen) atoms. The molecule has 0 radical (unpaired) electrons. The van der Waals surface area contributed by atoms with Crippen molar-refractivity contribution in [3.63, 3.8) is 0 Å². The average Bonchev–Trinajstić information content (AvgIpc) is 3.02. The zero-order valence-corrected chi connectivity index (χ0v) is 21.0. The highest BCUT2D eigenvalue weighted by atomic mass is 16.3. The van der Waals surface area contributed by atoms with E-state index in [1.54, 1.807) is 0 Å². The lowest BCUT2D eigenvalue weighted by Crippen LogP contribution is -2.52. The summed E-state index contributed by atoms with van der Waals surface area (Å²) in [5.41, 5.74) is 3.41. The minimum absolute atomic E-state index is 0.337. The summed E-state index contributed by atoms with van der Waals surface area (Å²) in [6, 6.07) is 0. The average molecular weight is 415 g/mol. The first-order chi connectivity index (χ1) is 14.2. The molecule has 1 heteroatoms. The van der Waals surface area contributed by atoms with Crippen molar-refractivity contribution in [1.29, 1.82) is 0 Å². The highest BCUT2D eigenvalue weighted by Crippen LogP contribution is 2.71. The summed E-state index contributed by atoms with van der Waals surface area (Å²) in [6.07, 6.45) is 18.4. The molecule has 1 nitrogen and oxygen atoms in total. The van der Waals surface area contributed by atoms with E-state index in [2.05, 4.69) is 47.6 Å². The van der Waals surface area contributed by atoms with Gasteiger partial charge in [-0.15, -0.1) is 0 Å². The molecule has 0 aliphatic heterocycles. The van der Waals surface area contributed by atoms with E-state index < -0.39 is 0 Å². The second-order valence-electron chi connectivity index (χ2n) is 13.0. The van der Waals surface area contributed by atoms with E-state index in [1.807, 2.05) is 5.57 Å². The molecule has 0 amide bonds. The third-order valence-corrected chi connectivity index (χ3v) is 11.9. The first-order valence-corrected chi connectivity index (χ1v) is 13.5. The summed E-state index contributed by atoms with van der Waals surface area (Å²) in [4.78, 5) is 0. The molecule has 0 aromatic carbocycles. The van der Waals surface area contributed by atoms with Gasteiger partial charge in [0.25, 0.3) is 0 Å². The first kappa shape index (κ1) is 22.9. The van der Waals surface area contributed by atoms with Crippen molar-refractivity contribution in [3.05, 3.63) is 11.6 Å². The standard InChI is InChI=1S/C29H50O/c1-20(22(3)19-30)10-11-21(2)24-14-17-29(6)26-13-12-23-9-7-8-16-27(23,4)25(26)15-18-28(24,29)5/h15,20-24,26,30H,7-14,16-19H2,1-6H3/t20-,21+,22?,23+,24+,26+,27-,28+,29-/m0/s1. The topological polar surface area (TPSA) is 20.2 Å². The molecule has 4 aliphatic rings. The maximum Gasteiger partial charge on any atom is 0.0459 e. The summed E-state index contributed by atoms with van der Waals surface area (Å²) < 4.78 is 0. The van der Waals surface area contributed by atoms with Crippen LogP contribution in [0.15, 0.2) is 11.6 Å². The molecule has 4 aliphatic carbocycles. The van der Waals surface area contributed by atoms with Crippen LogP contribution < -0.4 is 0 Å². The number of hydrogen-bond acceptors (Lipinski definition) is 1. The molecule has 172 valence electrons. The van der Waals surface area contributed by atoms with Crippen LogP contribution in [-0.4, -0.2) is 11.7 Å². The van der Waals surface area contributed by atoms with Gasteiger partial charge in [0.1, 0.15) is 0 Å². The van der Waals surface area contributed by atoms with Crippen molar-refractivity contribution in [3.8, 4) is 0 Å². The Morgan fingerprint density at radius 1 is 0.900 bits per heavy atom. The fourth-order valence-corrected chi connectivity index (χ4v) is 9.07. The molecule has 9 atom stereocenters. The van der Waals surface area contributed by atoms with Gasteiger partial charge in [0.2, 0.25) is 0 Å². The van der Waals surface area contributed by atoms with Crippen molar-refractivity contribution >= 4 is 0 Å². The van der Waals surface area contributed by atoms with Crippen LogP contribution in [0.5, 0.6) is 0 Å². The van der Waals surface area contributed by atoms with E-state index in [4.69, 9.17) is 0 Å². The largest absolute Gasteiger partial charge is 0.396 e. The predicted molar refractivity (Wildman–Crippen MR) is 128 cm³/mol. The minimum atomic E-state index is 0.337. The quantitative estimate of drug-likeness (QED) is 0.436. The van der Waals surface area contributed by atoms with Crippen LogP contribution in [0.25, 0.3) is 0 Å². The molecular weight excluding hydrogens is 364 g/mol. The lowest BCUT2D eigenvalue weighted by Gasteiger charge is -2.61. The molecule has 0 bridgehead atoms. The fraction of sp³-hybridized carbons (Fsp3) is 0.931. The molecule has 3 fully saturated rings. The van der Waals surface area contributed by atoms with E-state index >= 15 is 0 Å². The number of rotatable bonds is 6. The third-order valence-electron chi connectivity index (χ3n) is 11.9. The van der Waals surface area contributed by atoms with Gasteiger partial charge in [0.05, 0.1) is 0 Å². The first-order valence-electron chi connectivity index (χ1n) is 13.5. The fourth-order valence-electron chi connectivity index (χ4n) is 9.07. The predicted octanol–water partition coefficient (Wildman–Crippen LogP) is 8.03. The second kappa shape index (κ2) is 8.24. The molecule has 4 rings (SSSR count). The summed E-state index contributed by atoms with van der Waals surface area (Å²) in [5, 5.41) is 9.52. The molecule has 0 heterocycles. The summed E-state index contributed by atoms with van der Waals surface area (Å²) in [6.45, 7) is 15.5. The molecule has 0 saturated heterocycles.